The smallest absolute Gasteiger partial charge is 0.238 e. The lowest BCUT2D eigenvalue weighted by Gasteiger charge is -2.23. The van der Waals surface area contributed by atoms with Gasteiger partial charge in [-0.3, -0.25) is 14.9 Å². The summed E-state index contributed by atoms with van der Waals surface area (Å²) in [5.74, 6) is -0.116. The van der Waals surface area contributed by atoms with E-state index in [1.807, 2.05) is 11.4 Å². The first-order valence-corrected chi connectivity index (χ1v) is 6.44. The van der Waals surface area contributed by atoms with E-state index in [0.717, 1.165) is 6.42 Å². The zero-order valence-corrected chi connectivity index (χ0v) is 10.2. The summed E-state index contributed by atoms with van der Waals surface area (Å²) in [6.07, 6.45) is 0.850. The number of amides is 2. The van der Waals surface area contributed by atoms with Crippen molar-refractivity contribution in [1.82, 2.24) is 16.0 Å². The highest BCUT2D eigenvalue weighted by Crippen LogP contribution is 2.08. The third-order valence-corrected chi connectivity index (χ3v) is 3.52. The molecule has 6 heteroatoms. The Hall–Kier alpha value is -1.40. The van der Waals surface area contributed by atoms with Crippen LogP contribution in [-0.2, 0) is 16.0 Å². The summed E-state index contributed by atoms with van der Waals surface area (Å²) in [7, 11) is 0. The van der Waals surface area contributed by atoms with E-state index in [4.69, 9.17) is 0 Å². The molecule has 0 spiro atoms. The zero-order chi connectivity index (χ0) is 12.1. The SMILES string of the molecule is O=C1CNC(C(=O)NCCc2cccs2)CN1. The highest BCUT2D eigenvalue weighted by molar-refractivity contribution is 7.09. The van der Waals surface area contributed by atoms with E-state index >= 15 is 0 Å². The number of rotatable bonds is 4. The Morgan fingerprint density at radius 3 is 3.12 bits per heavy atom. The van der Waals surface area contributed by atoms with Gasteiger partial charge in [0.2, 0.25) is 11.8 Å². The molecule has 3 N–H and O–H groups in total. The molecular weight excluding hydrogens is 238 g/mol. The van der Waals surface area contributed by atoms with Crippen LogP contribution in [0.4, 0.5) is 0 Å². The number of nitrogens with one attached hydrogen (secondary N) is 3. The van der Waals surface area contributed by atoms with Gasteiger partial charge in [-0.05, 0) is 17.9 Å². The quantitative estimate of drug-likeness (QED) is 0.677. The predicted octanol–water partition coefficient (Wildman–Crippen LogP) is -0.505. The molecule has 0 radical (unpaired) electrons. The molecule has 1 aliphatic rings. The van der Waals surface area contributed by atoms with Crippen LogP contribution in [0.25, 0.3) is 0 Å². The summed E-state index contributed by atoms with van der Waals surface area (Å²) in [5.41, 5.74) is 0. The van der Waals surface area contributed by atoms with Crippen LogP contribution in [0.2, 0.25) is 0 Å². The van der Waals surface area contributed by atoms with E-state index < -0.39 is 0 Å². The van der Waals surface area contributed by atoms with Crippen molar-refractivity contribution in [1.29, 1.82) is 0 Å². The molecule has 1 aliphatic heterocycles. The molecule has 0 aromatic carbocycles. The van der Waals surface area contributed by atoms with Gasteiger partial charge < -0.3 is 10.6 Å². The largest absolute Gasteiger partial charge is 0.354 e. The molecule has 2 heterocycles. The molecule has 1 aromatic heterocycles. The number of thiophene rings is 1. The molecule has 1 unspecified atom stereocenters. The fourth-order valence-corrected chi connectivity index (χ4v) is 2.35. The minimum Gasteiger partial charge on any atom is -0.354 e. The van der Waals surface area contributed by atoms with E-state index in [2.05, 4.69) is 22.0 Å². The first-order chi connectivity index (χ1) is 8.25. The minimum atomic E-state index is -0.309. The molecule has 1 fully saturated rings. The molecule has 17 heavy (non-hydrogen) atoms. The van der Waals surface area contributed by atoms with Crippen LogP contribution in [0.1, 0.15) is 4.88 Å². The number of carbonyl (C=O) groups is 2. The summed E-state index contributed by atoms with van der Waals surface area (Å²) in [5, 5.41) is 10.4. The molecular formula is C11H15N3O2S. The monoisotopic (exact) mass is 253 g/mol. The van der Waals surface area contributed by atoms with Gasteiger partial charge in [-0.15, -0.1) is 11.3 Å². The summed E-state index contributed by atoms with van der Waals surface area (Å²) >= 11 is 1.69. The standard InChI is InChI=1S/C11H15N3O2S/c15-10-7-13-9(6-14-10)11(16)12-4-3-8-2-1-5-17-8/h1-2,5,9,13H,3-4,6-7H2,(H,12,16)(H,14,15). The number of hydrogen-bond donors (Lipinski definition) is 3. The van der Waals surface area contributed by atoms with Gasteiger partial charge >= 0.3 is 0 Å². The van der Waals surface area contributed by atoms with Crippen molar-refractivity contribution < 1.29 is 9.59 Å². The van der Waals surface area contributed by atoms with Crippen molar-refractivity contribution in [3.8, 4) is 0 Å². The summed E-state index contributed by atoms with van der Waals surface area (Å²) in [4.78, 5) is 23.9. The maximum Gasteiger partial charge on any atom is 0.238 e. The second-order valence-electron chi connectivity index (χ2n) is 3.86. The lowest BCUT2D eigenvalue weighted by Crippen LogP contribution is -2.58. The first-order valence-electron chi connectivity index (χ1n) is 5.56. The van der Waals surface area contributed by atoms with Gasteiger partial charge in [0.25, 0.3) is 0 Å². The molecule has 0 aliphatic carbocycles. The highest BCUT2D eigenvalue weighted by Gasteiger charge is 2.22. The van der Waals surface area contributed by atoms with Crippen molar-refractivity contribution in [3.05, 3.63) is 22.4 Å². The van der Waals surface area contributed by atoms with Gasteiger partial charge in [0, 0.05) is 18.0 Å². The van der Waals surface area contributed by atoms with Crippen LogP contribution in [0, 0.1) is 0 Å². The van der Waals surface area contributed by atoms with Gasteiger partial charge in [-0.25, -0.2) is 0 Å². The maximum atomic E-state index is 11.7. The van der Waals surface area contributed by atoms with Crippen molar-refractivity contribution in [3.63, 3.8) is 0 Å². The van der Waals surface area contributed by atoms with Gasteiger partial charge in [0.1, 0.15) is 6.04 Å². The molecule has 5 nitrogen and oxygen atoms in total. The molecule has 1 aromatic rings. The Labute approximate surface area is 104 Å². The number of carbonyl (C=O) groups excluding carboxylic acids is 2. The lowest BCUT2D eigenvalue weighted by molar-refractivity contribution is -0.126. The van der Waals surface area contributed by atoms with E-state index in [9.17, 15) is 9.59 Å². The summed E-state index contributed by atoms with van der Waals surface area (Å²) in [6, 6.07) is 3.74. The Balaban J connectivity index is 1.68. The average molecular weight is 253 g/mol. The normalized spacial score (nSPS) is 19.8. The first kappa shape index (κ1) is 12.1. The van der Waals surface area contributed by atoms with Gasteiger partial charge in [0.15, 0.2) is 0 Å². The molecule has 0 saturated carbocycles. The molecule has 0 bridgehead atoms. The van der Waals surface area contributed by atoms with Gasteiger partial charge in [0.05, 0.1) is 6.54 Å². The van der Waals surface area contributed by atoms with Gasteiger partial charge in [-0.1, -0.05) is 6.07 Å². The Morgan fingerprint density at radius 1 is 1.59 bits per heavy atom. The molecule has 2 amide bonds. The van der Waals surface area contributed by atoms with E-state index in [0.29, 0.717) is 13.1 Å². The summed E-state index contributed by atoms with van der Waals surface area (Å²) in [6.45, 7) is 1.21. The highest BCUT2D eigenvalue weighted by atomic mass is 32.1. The van der Waals surface area contributed by atoms with E-state index in [-0.39, 0.29) is 24.4 Å². The molecule has 2 rings (SSSR count). The molecule has 1 saturated heterocycles. The third-order valence-electron chi connectivity index (χ3n) is 2.58. The van der Waals surface area contributed by atoms with Crippen LogP contribution in [-0.4, -0.2) is 37.5 Å². The zero-order valence-electron chi connectivity index (χ0n) is 9.36. The van der Waals surface area contributed by atoms with Crippen molar-refractivity contribution in [2.24, 2.45) is 0 Å². The third kappa shape index (κ3) is 3.54. The van der Waals surface area contributed by atoms with E-state index in [1.165, 1.54) is 4.88 Å². The Bertz CT molecular complexity index is 381. The van der Waals surface area contributed by atoms with Crippen molar-refractivity contribution in [2.75, 3.05) is 19.6 Å². The van der Waals surface area contributed by atoms with Crippen LogP contribution in [0.15, 0.2) is 17.5 Å². The van der Waals surface area contributed by atoms with Crippen molar-refractivity contribution >= 4 is 23.2 Å². The Morgan fingerprint density at radius 2 is 2.47 bits per heavy atom. The average Bonchev–Trinajstić information content (AvgIpc) is 2.83. The van der Waals surface area contributed by atoms with Crippen LogP contribution < -0.4 is 16.0 Å². The van der Waals surface area contributed by atoms with Crippen LogP contribution >= 0.6 is 11.3 Å². The van der Waals surface area contributed by atoms with Crippen molar-refractivity contribution in [2.45, 2.75) is 12.5 Å². The second-order valence-corrected chi connectivity index (χ2v) is 4.89. The van der Waals surface area contributed by atoms with Crippen LogP contribution in [0.3, 0.4) is 0 Å². The second kappa shape index (κ2) is 5.79. The number of hydrogen-bond acceptors (Lipinski definition) is 4. The summed E-state index contributed by atoms with van der Waals surface area (Å²) < 4.78 is 0. The van der Waals surface area contributed by atoms with Crippen LogP contribution in [0.5, 0.6) is 0 Å². The molecule has 1 atom stereocenters. The Kier molecular flexibility index (Phi) is 4.11. The van der Waals surface area contributed by atoms with Gasteiger partial charge in [-0.2, -0.15) is 0 Å². The van der Waals surface area contributed by atoms with E-state index in [1.54, 1.807) is 11.3 Å². The predicted molar refractivity (Wildman–Crippen MR) is 65.8 cm³/mol. The lowest BCUT2D eigenvalue weighted by atomic mass is 10.2. The fraction of sp³-hybridized carbons (Fsp3) is 0.455. The fourth-order valence-electron chi connectivity index (χ4n) is 1.64. The minimum absolute atomic E-state index is 0.0541. The maximum absolute atomic E-state index is 11.7. The number of piperazine rings is 1. The molecule has 92 valence electrons. The topological polar surface area (TPSA) is 70.2 Å².